The monoisotopic (exact) mass is 471 g/mol. The molecule has 0 aliphatic heterocycles. The predicted molar refractivity (Wildman–Crippen MR) is 110 cm³/mol. The smallest absolute Gasteiger partial charge is 0.246 e. The lowest BCUT2D eigenvalue weighted by Crippen LogP contribution is -2.47. The van der Waals surface area contributed by atoms with Crippen molar-refractivity contribution in [2.24, 2.45) is 0 Å². The number of benzene rings is 2. The maximum absolute atomic E-state index is 12.1. The lowest BCUT2D eigenvalue weighted by Gasteiger charge is -2.26. The van der Waals surface area contributed by atoms with Crippen LogP contribution in [-0.4, -0.2) is 15.9 Å². The van der Waals surface area contributed by atoms with Crippen molar-refractivity contribution in [2.75, 3.05) is 0 Å². The molecule has 0 fully saturated rings. The number of nitrogens with one attached hydrogen (secondary N) is 1. The first-order chi connectivity index (χ1) is 12.2. The Labute approximate surface area is 180 Å². The van der Waals surface area contributed by atoms with E-state index in [0.29, 0.717) is 5.02 Å². The molecule has 1 atom stereocenters. The Morgan fingerprint density at radius 3 is 2.15 bits per heavy atom. The van der Waals surface area contributed by atoms with Crippen molar-refractivity contribution in [3.05, 3.63) is 69.2 Å². The van der Waals surface area contributed by atoms with Gasteiger partial charge < -0.3 is 10.1 Å². The summed E-state index contributed by atoms with van der Waals surface area (Å²) in [5.41, 5.74) is 0.831. The second-order valence-corrected chi connectivity index (χ2v) is 8.61. The van der Waals surface area contributed by atoms with E-state index in [1.807, 2.05) is 30.3 Å². The van der Waals surface area contributed by atoms with E-state index in [1.165, 1.54) is 18.2 Å². The Balaban J connectivity index is 2.16. The molecule has 0 radical (unpaired) electrons. The second kappa shape index (κ2) is 9.41. The van der Waals surface area contributed by atoms with Crippen molar-refractivity contribution in [2.45, 2.75) is 10.0 Å². The molecule has 26 heavy (non-hydrogen) atoms. The van der Waals surface area contributed by atoms with E-state index < -0.39 is 15.9 Å². The summed E-state index contributed by atoms with van der Waals surface area (Å²) < 4.78 is 3.55. The third-order valence-corrected chi connectivity index (χ3v) is 4.37. The van der Waals surface area contributed by atoms with Gasteiger partial charge in [-0.3, -0.25) is 4.79 Å². The number of carbonyl (C=O) groups excluding carboxylic acids is 1. The summed E-state index contributed by atoms with van der Waals surface area (Å²) in [6, 6.07) is 12.0. The molecule has 0 spiro atoms. The van der Waals surface area contributed by atoms with Crippen LogP contribution in [0.25, 0.3) is 6.08 Å². The van der Waals surface area contributed by atoms with Gasteiger partial charge in [0, 0.05) is 11.1 Å². The lowest BCUT2D eigenvalue weighted by molar-refractivity contribution is -0.118. The molecule has 0 saturated heterocycles. The summed E-state index contributed by atoms with van der Waals surface area (Å²) in [5, 5.41) is 2.98. The van der Waals surface area contributed by atoms with Gasteiger partial charge in [0.1, 0.15) is 0 Å². The van der Waals surface area contributed by atoms with Crippen molar-refractivity contribution in [1.82, 2.24) is 5.32 Å². The molecule has 1 amide bonds. The maximum Gasteiger partial charge on any atom is 0.246 e. The second-order valence-electron chi connectivity index (χ2n) is 4.99. The Hall–Kier alpha value is -0.810. The minimum absolute atomic E-state index is 0.0291. The van der Waals surface area contributed by atoms with Crippen LogP contribution < -0.4 is 10.1 Å². The molecule has 0 aliphatic rings. The first-order valence-electron chi connectivity index (χ1n) is 7.08. The van der Waals surface area contributed by atoms with Crippen LogP contribution in [0.3, 0.4) is 0 Å². The van der Waals surface area contributed by atoms with Crippen LogP contribution in [0.5, 0.6) is 5.75 Å². The summed E-state index contributed by atoms with van der Waals surface area (Å²) in [6.07, 6.45) is 1.54. The van der Waals surface area contributed by atoms with Gasteiger partial charge in [0.25, 0.3) is 0 Å². The molecule has 1 unspecified atom stereocenters. The molecule has 2 aromatic carbocycles. The third kappa shape index (κ3) is 6.41. The maximum atomic E-state index is 12.1. The molecule has 138 valence electrons. The van der Waals surface area contributed by atoms with Crippen LogP contribution in [0.15, 0.2) is 48.5 Å². The molecule has 0 heterocycles. The number of hydrogen-bond acceptors (Lipinski definition) is 2. The number of ether oxygens (including phenoxy) is 1. The molecule has 2 aromatic rings. The molecule has 9 heteroatoms. The van der Waals surface area contributed by atoms with Gasteiger partial charge in [-0.15, -0.1) is 0 Å². The number of rotatable bonds is 5. The predicted octanol–water partition coefficient (Wildman–Crippen LogP) is 6.55. The average molecular weight is 474 g/mol. The summed E-state index contributed by atoms with van der Waals surface area (Å²) >= 11 is 35.7. The third-order valence-electron chi connectivity index (χ3n) is 3.00. The molecule has 3 nitrogen and oxygen atoms in total. The number of amides is 1. The molecule has 2 rings (SSSR count). The van der Waals surface area contributed by atoms with Gasteiger partial charge in [-0.25, -0.2) is 0 Å². The zero-order valence-electron chi connectivity index (χ0n) is 12.9. The Bertz CT molecular complexity index is 782. The highest BCUT2D eigenvalue weighted by molar-refractivity contribution is 6.68. The van der Waals surface area contributed by atoms with Crippen molar-refractivity contribution in [3.63, 3.8) is 0 Å². The number of halogens is 6. The van der Waals surface area contributed by atoms with Crippen molar-refractivity contribution < 1.29 is 9.53 Å². The van der Waals surface area contributed by atoms with Gasteiger partial charge in [-0.2, -0.15) is 0 Å². The lowest BCUT2D eigenvalue weighted by atomic mass is 10.2. The highest BCUT2D eigenvalue weighted by Crippen LogP contribution is 2.39. The van der Waals surface area contributed by atoms with E-state index in [-0.39, 0.29) is 15.8 Å². The SMILES string of the molecule is O=C(/C=C/c1ccccc1)NC(Oc1c(Cl)cc(Cl)cc1Cl)C(Cl)(Cl)Cl. The van der Waals surface area contributed by atoms with Crippen molar-refractivity contribution in [3.8, 4) is 5.75 Å². The summed E-state index contributed by atoms with van der Waals surface area (Å²) in [6.45, 7) is 0. The van der Waals surface area contributed by atoms with Crippen molar-refractivity contribution >= 4 is 81.6 Å². The topological polar surface area (TPSA) is 38.3 Å². The van der Waals surface area contributed by atoms with E-state index in [2.05, 4.69) is 5.32 Å². The zero-order valence-corrected chi connectivity index (χ0v) is 17.4. The minimum atomic E-state index is -1.98. The number of carbonyl (C=O) groups is 1. The highest BCUT2D eigenvalue weighted by atomic mass is 35.6. The van der Waals surface area contributed by atoms with E-state index >= 15 is 0 Å². The van der Waals surface area contributed by atoms with Crippen LogP contribution in [0.1, 0.15) is 5.56 Å². The number of hydrogen-bond donors (Lipinski definition) is 1. The average Bonchev–Trinajstić information content (AvgIpc) is 2.55. The van der Waals surface area contributed by atoms with Crippen LogP contribution in [0.4, 0.5) is 0 Å². The molecular formula is C17H11Cl6NO2. The normalized spacial score (nSPS) is 12.8. The summed E-state index contributed by atoms with van der Waals surface area (Å²) in [7, 11) is 0. The van der Waals surface area contributed by atoms with E-state index in [1.54, 1.807) is 6.08 Å². The van der Waals surface area contributed by atoms with Gasteiger partial charge >= 0.3 is 0 Å². The van der Waals surface area contributed by atoms with E-state index in [4.69, 9.17) is 74.3 Å². The Morgan fingerprint density at radius 2 is 1.62 bits per heavy atom. The van der Waals surface area contributed by atoms with Crippen molar-refractivity contribution in [1.29, 1.82) is 0 Å². The standard InChI is InChI=1S/C17H11Cl6NO2/c18-11-8-12(19)15(13(20)9-11)26-16(17(21,22)23)24-14(25)7-6-10-4-2-1-3-5-10/h1-9,16H,(H,24,25)/b7-6+. The van der Waals surface area contributed by atoms with Crippen LogP contribution in [0.2, 0.25) is 15.1 Å². The largest absolute Gasteiger partial charge is 0.463 e. The van der Waals surface area contributed by atoms with Crippen LogP contribution in [-0.2, 0) is 4.79 Å². The Kier molecular flexibility index (Phi) is 7.77. The Morgan fingerprint density at radius 1 is 1.04 bits per heavy atom. The first kappa shape index (κ1) is 21.5. The first-order valence-corrected chi connectivity index (χ1v) is 9.35. The molecule has 0 bridgehead atoms. The van der Waals surface area contributed by atoms with Gasteiger partial charge in [0.05, 0.1) is 10.0 Å². The number of alkyl halides is 3. The molecule has 0 aliphatic carbocycles. The van der Waals surface area contributed by atoms with Crippen LogP contribution >= 0.6 is 69.6 Å². The highest BCUT2D eigenvalue weighted by Gasteiger charge is 2.36. The quantitative estimate of drug-likeness (QED) is 0.303. The molecule has 0 saturated carbocycles. The summed E-state index contributed by atoms with van der Waals surface area (Å²) in [5.74, 6) is -0.507. The van der Waals surface area contributed by atoms with Crippen LogP contribution in [0, 0.1) is 0 Å². The van der Waals surface area contributed by atoms with Gasteiger partial charge in [-0.05, 0) is 23.8 Å². The van der Waals surface area contributed by atoms with Gasteiger partial charge in [-0.1, -0.05) is 99.9 Å². The molecule has 0 aromatic heterocycles. The fourth-order valence-corrected chi connectivity index (χ4v) is 3.05. The summed E-state index contributed by atoms with van der Waals surface area (Å²) in [4.78, 5) is 12.1. The van der Waals surface area contributed by atoms with E-state index in [9.17, 15) is 4.79 Å². The molecular weight excluding hydrogens is 463 g/mol. The van der Waals surface area contributed by atoms with Gasteiger partial charge in [0.15, 0.2) is 5.75 Å². The zero-order chi connectivity index (χ0) is 19.3. The minimum Gasteiger partial charge on any atom is -0.463 e. The van der Waals surface area contributed by atoms with Gasteiger partial charge in [0.2, 0.25) is 15.9 Å². The van der Waals surface area contributed by atoms with E-state index in [0.717, 1.165) is 5.56 Å². The molecule has 1 N–H and O–H groups in total. The fourth-order valence-electron chi connectivity index (χ4n) is 1.85. The fraction of sp³-hybridized carbons (Fsp3) is 0.118.